The molecule has 0 atom stereocenters. The number of alkyl halides is 3. The SMILES string of the molecule is O=C1C=CC(c2cc(NC(=O)c3ccc(C(F)(F)F)cc3Cl)n(-c3ccccc3)n2)=NC1. The molecular weight excluding hydrogens is 445 g/mol. The van der Waals surface area contributed by atoms with Crippen molar-refractivity contribution in [3.8, 4) is 5.69 Å². The van der Waals surface area contributed by atoms with Crippen molar-refractivity contribution in [2.45, 2.75) is 6.18 Å². The lowest BCUT2D eigenvalue weighted by Gasteiger charge is -2.11. The Labute approximate surface area is 185 Å². The number of para-hydroxylation sites is 1. The maximum Gasteiger partial charge on any atom is 0.416 e. The van der Waals surface area contributed by atoms with Gasteiger partial charge in [0.15, 0.2) is 5.78 Å². The van der Waals surface area contributed by atoms with E-state index in [1.165, 1.54) is 16.8 Å². The molecule has 1 aromatic heterocycles. The van der Waals surface area contributed by atoms with Gasteiger partial charge in [-0.1, -0.05) is 29.8 Å². The van der Waals surface area contributed by atoms with Gasteiger partial charge in [-0.05, 0) is 42.5 Å². The van der Waals surface area contributed by atoms with Gasteiger partial charge in [0, 0.05) is 6.07 Å². The molecule has 0 saturated carbocycles. The third kappa shape index (κ3) is 4.47. The standard InChI is InChI=1S/C22H14ClF3N4O2/c23-17-10-13(22(24,25)26)6-8-16(17)21(32)28-20-11-19(18-9-7-15(31)12-27-18)29-30(20)14-4-2-1-3-5-14/h1-11H,12H2,(H,28,32). The number of halogens is 4. The van der Waals surface area contributed by atoms with Crippen LogP contribution in [-0.2, 0) is 11.0 Å². The van der Waals surface area contributed by atoms with E-state index in [1.807, 2.05) is 6.07 Å². The summed E-state index contributed by atoms with van der Waals surface area (Å²) in [5.41, 5.74) is 0.424. The summed E-state index contributed by atoms with van der Waals surface area (Å²) < 4.78 is 40.1. The number of nitrogens with one attached hydrogen (secondary N) is 1. The van der Waals surface area contributed by atoms with Gasteiger partial charge in [-0.2, -0.15) is 18.3 Å². The molecule has 0 fully saturated rings. The van der Waals surface area contributed by atoms with Crippen molar-refractivity contribution in [1.29, 1.82) is 0 Å². The molecule has 10 heteroatoms. The number of carbonyl (C=O) groups excluding carboxylic acids is 2. The number of anilines is 1. The topological polar surface area (TPSA) is 76.3 Å². The van der Waals surface area contributed by atoms with E-state index in [0.29, 0.717) is 23.2 Å². The van der Waals surface area contributed by atoms with Crippen LogP contribution in [0.2, 0.25) is 5.02 Å². The summed E-state index contributed by atoms with van der Waals surface area (Å²) >= 11 is 5.95. The first-order valence-corrected chi connectivity index (χ1v) is 9.69. The van der Waals surface area contributed by atoms with Crippen LogP contribution in [0.25, 0.3) is 5.69 Å². The molecule has 2 heterocycles. The van der Waals surface area contributed by atoms with Crippen molar-refractivity contribution < 1.29 is 22.8 Å². The van der Waals surface area contributed by atoms with Gasteiger partial charge in [0.2, 0.25) is 0 Å². The first-order chi connectivity index (χ1) is 15.2. The van der Waals surface area contributed by atoms with Crippen molar-refractivity contribution in [2.75, 3.05) is 11.9 Å². The minimum absolute atomic E-state index is 0.00706. The molecule has 0 bridgehead atoms. The third-order valence-corrected chi connectivity index (χ3v) is 4.90. The number of benzene rings is 2. The lowest BCUT2D eigenvalue weighted by molar-refractivity contribution is -0.137. The molecule has 6 nitrogen and oxygen atoms in total. The maximum atomic E-state index is 12.9. The van der Waals surface area contributed by atoms with Crippen LogP contribution in [0, 0.1) is 0 Å². The van der Waals surface area contributed by atoms with Crippen LogP contribution < -0.4 is 5.32 Å². The van der Waals surface area contributed by atoms with Gasteiger partial charge in [-0.3, -0.25) is 14.6 Å². The zero-order valence-corrected chi connectivity index (χ0v) is 17.0. The Morgan fingerprint density at radius 1 is 1.06 bits per heavy atom. The first-order valence-electron chi connectivity index (χ1n) is 9.32. The molecule has 3 aromatic rings. The van der Waals surface area contributed by atoms with E-state index >= 15 is 0 Å². The molecule has 1 amide bonds. The minimum Gasteiger partial charge on any atom is -0.306 e. The van der Waals surface area contributed by atoms with Crippen LogP contribution >= 0.6 is 11.6 Å². The fourth-order valence-electron chi connectivity index (χ4n) is 3.03. The number of allylic oxidation sites excluding steroid dienone is 1. The summed E-state index contributed by atoms with van der Waals surface area (Å²) in [6.07, 6.45) is -1.65. The van der Waals surface area contributed by atoms with Gasteiger partial charge in [0.05, 0.1) is 27.5 Å². The first kappa shape index (κ1) is 21.5. The van der Waals surface area contributed by atoms with E-state index in [0.717, 1.165) is 12.1 Å². The lowest BCUT2D eigenvalue weighted by atomic mass is 10.1. The van der Waals surface area contributed by atoms with Crippen molar-refractivity contribution in [3.05, 3.63) is 88.6 Å². The Bertz CT molecular complexity index is 1260. The number of aromatic nitrogens is 2. The number of nitrogens with zero attached hydrogens (tertiary/aromatic N) is 3. The fraction of sp³-hybridized carbons (Fsp3) is 0.0909. The Morgan fingerprint density at radius 3 is 2.44 bits per heavy atom. The molecule has 32 heavy (non-hydrogen) atoms. The summed E-state index contributed by atoms with van der Waals surface area (Å²) in [6.45, 7) is -0.00706. The van der Waals surface area contributed by atoms with E-state index in [4.69, 9.17) is 11.6 Å². The number of ketones is 1. The highest BCUT2D eigenvalue weighted by Crippen LogP contribution is 2.32. The molecular formula is C22H14ClF3N4O2. The highest BCUT2D eigenvalue weighted by atomic mass is 35.5. The van der Waals surface area contributed by atoms with Crippen molar-refractivity contribution in [3.63, 3.8) is 0 Å². The Kier molecular flexibility index (Phi) is 5.67. The largest absolute Gasteiger partial charge is 0.416 e. The smallest absolute Gasteiger partial charge is 0.306 e. The number of carbonyl (C=O) groups is 2. The van der Waals surface area contributed by atoms with E-state index in [2.05, 4.69) is 15.4 Å². The quantitative estimate of drug-likeness (QED) is 0.614. The molecule has 1 aliphatic heterocycles. The van der Waals surface area contributed by atoms with Gasteiger partial charge >= 0.3 is 6.18 Å². The van der Waals surface area contributed by atoms with Crippen molar-refractivity contribution in [2.24, 2.45) is 4.99 Å². The van der Waals surface area contributed by atoms with Crippen LogP contribution in [0.15, 0.2) is 71.7 Å². The van der Waals surface area contributed by atoms with Crippen molar-refractivity contribution >= 4 is 34.8 Å². The molecule has 0 saturated heterocycles. The number of dihydropyridines is 1. The second-order valence-electron chi connectivity index (χ2n) is 6.81. The number of hydrogen-bond acceptors (Lipinski definition) is 4. The minimum atomic E-state index is -4.57. The Morgan fingerprint density at radius 2 is 1.81 bits per heavy atom. The zero-order valence-electron chi connectivity index (χ0n) is 16.2. The molecule has 162 valence electrons. The number of rotatable bonds is 4. The van der Waals surface area contributed by atoms with E-state index < -0.39 is 17.6 Å². The molecule has 0 unspecified atom stereocenters. The zero-order chi connectivity index (χ0) is 22.9. The molecule has 0 aliphatic carbocycles. The fourth-order valence-corrected chi connectivity index (χ4v) is 3.29. The van der Waals surface area contributed by atoms with Crippen LogP contribution in [0.4, 0.5) is 19.0 Å². The molecule has 1 N–H and O–H groups in total. The molecule has 1 aliphatic rings. The summed E-state index contributed by atoms with van der Waals surface area (Å²) in [4.78, 5) is 28.4. The second-order valence-corrected chi connectivity index (χ2v) is 7.22. The van der Waals surface area contributed by atoms with Crippen LogP contribution in [0.3, 0.4) is 0 Å². The van der Waals surface area contributed by atoms with Crippen molar-refractivity contribution in [1.82, 2.24) is 9.78 Å². The molecule has 4 rings (SSSR count). The van der Waals surface area contributed by atoms with Crippen LogP contribution in [0.5, 0.6) is 0 Å². The Hall–Kier alpha value is -3.72. The average Bonchev–Trinajstić information content (AvgIpc) is 3.17. The van der Waals surface area contributed by atoms with Gasteiger partial charge in [0.25, 0.3) is 5.91 Å². The summed E-state index contributed by atoms with van der Waals surface area (Å²) in [7, 11) is 0. The van der Waals surface area contributed by atoms with Crippen LogP contribution in [-0.4, -0.2) is 33.7 Å². The predicted octanol–water partition coefficient (Wildman–Crippen LogP) is 4.72. The van der Waals surface area contributed by atoms with E-state index in [-0.39, 0.29) is 28.7 Å². The number of hydrogen-bond donors (Lipinski definition) is 1. The van der Waals surface area contributed by atoms with E-state index in [9.17, 15) is 22.8 Å². The highest BCUT2D eigenvalue weighted by molar-refractivity contribution is 6.34. The predicted molar refractivity (Wildman–Crippen MR) is 114 cm³/mol. The van der Waals surface area contributed by atoms with Crippen LogP contribution in [0.1, 0.15) is 21.6 Å². The molecule has 2 aromatic carbocycles. The molecule has 0 radical (unpaired) electrons. The lowest BCUT2D eigenvalue weighted by Crippen LogP contribution is -2.16. The number of amides is 1. The van der Waals surface area contributed by atoms with Gasteiger partial charge in [-0.15, -0.1) is 0 Å². The average molecular weight is 459 g/mol. The van der Waals surface area contributed by atoms with Gasteiger partial charge in [0.1, 0.15) is 18.1 Å². The summed E-state index contributed by atoms with van der Waals surface area (Å²) in [5.74, 6) is -0.592. The molecule has 0 spiro atoms. The summed E-state index contributed by atoms with van der Waals surface area (Å²) in [6, 6.07) is 13.0. The normalized spacial score (nSPS) is 13.8. The Balaban J connectivity index is 1.69. The van der Waals surface area contributed by atoms with Gasteiger partial charge < -0.3 is 5.32 Å². The highest BCUT2D eigenvalue weighted by Gasteiger charge is 2.31. The summed E-state index contributed by atoms with van der Waals surface area (Å²) in [5, 5.41) is 6.78. The number of aliphatic imine (C=N–C) groups is 1. The van der Waals surface area contributed by atoms with E-state index in [1.54, 1.807) is 30.3 Å². The third-order valence-electron chi connectivity index (χ3n) is 4.59. The second kappa shape index (κ2) is 8.43. The maximum absolute atomic E-state index is 12.9. The van der Waals surface area contributed by atoms with Gasteiger partial charge in [-0.25, -0.2) is 4.68 Å². The monoisotopic (exact) mass is 458 g/mol.